The van der Waals surface area contributed by atoms with Crippen molar-refractivity contribution in [3.05, 3.63) is 29.6 Å². The maximum atomic E-state index is 15.0. The Morgan fingerprint density at radius 1 is 1.17 bits per heavy atom. The van der Waals surface area contributed by atoms with E-state index in [2.05, 4.69) is 20.3 Å². The zero-order chi connectivity index (χ0) is 27.1. The van der Waals surface area contributed by atoms with E-state index >= 15 is 0 Å². The maximum absolute atomic E-state index is 15.0. The van der Waals surface area contributed by atoms with Gasteiger partial charge in [0.1, 0.15) is 23.4 Å². The summed E-state index contributed by atoms with van der Waals surface area (Å²) in [5.41, 5.74) is -1.33. The van der Waals surface area contributed by atoms with Crippen LogP contribution in [0.25, 0.3) is 11.4 Å². The Kier molecular flexibility index (Phi) is 7.89. The predicted molar refractivity (Wildman–Crippen MR) is 128 cm³/mol. The van der Waals surface area contributed by atoms with Gasteiger partial charge < -0.3 is 10.2 Å². The fourth-order valence-electron chi connectivity index (χ4n) is 3.67. The Labute approximate surface area is 207 Å². The highest BCUT2D eigenvalue weighted by atomic mass is 32.2. The molecule has 0 radical (unpaired) electrons. The van der Waals surface area contributed by atoms with Gasteiger partial charge in [0.2, 0.25) is 5.91 Å². The highest BCUT2D eigenvalue weighted by Gasteiger charge is 2.36. The van der Waals surface area contributed by atoms with Crippen LogP contribution in [0.2, 0.25) is 0 Å². The van der Waals surface area contributed by atoms with Crippen molar-refractivity contribution in [1.29, 1.82) is 0 Å². The van der Waals surface area contributed by atoms with Crippen LogP contribution >= 0.6 is 9.24 Å². The summed E-state index contributed by atoms with van der Waals surface area (Å²) in [4.78, 5) is 25.6. The van der Waals surface area contributed by atoms with Crippen molar-refractivity contribution in [2.75, 3.05) is 36.4 Å². The standard InChI is InChI=1S/C20H25F4N6O4PS/c1-11(19(3,21)35)16-17(25-10-26-18(16)27-12(2)31)14-8-13(20(22,23)24)9-15(28-14)29-4-6-30(7-5-29)36(32,33)34/h8-11H,4-7,35H2,1-3H3,(H,32,33,34)(H,25,26,27,31)/t11-,19?/m1/s1. The van der Waals surface area contributed by atoms with Gasteiger partial charge in [0, 0.05) is 44.6 Å². The van der Waals surface area contributed by atoms with Crippen LogP contribution in [-0.4, -0.2) is 69.7 Å². The van der Waals surface area contributed by atoms with Crippen molar-refractivity contribution in [3.8, 4) is 11.4 Å². The van der Waals surface area contributed by atoms with Gasteiger partial charge in [-0.1, -0.05) is 16.2 Å². The Balaban J connectivity index is 2.17. The average Bonchev–Trinajstić information content (AvgIpc) is 2.76. The Morgan fingerprint density at radius 2 is 1.78 bits per heavy atom. The van der Waals surface area contributed by atoms with E-state index in [-0.39, 0.29) is 54.8 Å². The molecule has 3 heterocycles. The molecule has 0 aromatic carbocycles. The number of nitrogens with zero attached hydrogens (tertiary/aromatic N) is 5. The number of hydrogen-bond donors (Lipinski definition) is 2. The van der Waals surface area contributed by atoms with Crippen LogP contribution in [0.3, 0.4) is 0 Å². The van der Waals surface area contributed by atoms with Crippen LogP contribution in [0.1, 0.15) is 37.8 Å². The van der Waals surface area contributed by atoms with E-state index in [0.29, 0.717) is 0 Å². The minimum absolute atomic E-state index is 0.0358. The molecule has 36 heavy (non-hydrogen) atoms. The summed E-state index contributed by atoms with van der Waals surface area (Å²) in [7, 11) is -2.43. The summed E-state index contributed by atoms with van der Waals surface area (Å²) in [6.45, 7) is 3.53. The molecule has 0 aliphatic carbocycles. The van der Waals surface area contributed by atoms with Crippen molar-refractivity contribution in [2.24, 2.45) is 0 Å². The first kappa shape index (κ1) is 28.1. The largest absolute Gasteiger partial charge is 0.416 e. The highest BCUT2D eigenvalue weighted by molar-refractivity contribution is 7.83. The lowest BCUT2D eigenvalue weighted by Crippen LogP contribution is -2.48. The van der Waals surface area contributed by atoms with Gasteiger partial charge in [-0.15, -0.1) is 0 Å². The van der Waals surface area contributed by atoms with Crippen LogP contribution in [0.5, 0.6) is 0 Å². The third kappa shape index (κ3) is 6.44. The monoisotopic (exact) mass is 552 g/mol. The molecule has 1 fully saturated rings. The van der Waals surface area contributed by atoms with Crippen molar-refractivity contribution in [1.82, 2.24) is 19.3 Å². The normalized spacial score (nSPS) is 18.0. The molecule has 10 nitrogen and oxygen atoms in total. The molecule has 16 heteroatoms. The lowest BCUT2D eigenvalue weighted by Gasteiger charge is -2.33. The van der Waals surface area contributed by atoms with Crippen molar-refractivity contribution < 1.29 is 35.3 Å². The lowest BCUT2D eigenvalue weighted by atomic mass is 9.93. The summed E-state index contributed by atoms with van der Waals surface area (Å²) in [5.74, 6) is -1.68. The molecule has 2 N–H and O–H groups in total. The number of aromatic nitrogens is 3. The zero-order valence-electron chi connectivity index (χ0n) is 19.5. The molecule has 2 aromatic rings. The molecule has 3 atom stereocenters. The molecule has 2 aromatic heterocycles. The molecule has 198 valence electrons. The van der Waals surface area contributed by atoms with Crippen molar-refractivity contribution >= 4 is 37.1 Å². The number of anilines is 2. The second-order valence-electron chi connectivity index (χ2n) is 8.50. The minimum atomic E-state index is -4.77. The van der Waals surface area contributed by atoms with E-state index in [9.17, 15) is 35.3 Å². The van der Waals surface area contributed by atoms with Crippen molar-refractivity contribution in [2.45, 2.75) is 38.3 Å². The molecule has 0 saturated carbocycles. The molecule has 1 saturated heterocycles. The van der Waals surface area contributed by atoms with E-state index in [1.165, 1.54) is 25.7 Å². The molecule has 3 rings (SSSR count). The van der Waals surface area contributed by atoms with E-state index < -0.39 is 39.3 Å². The molecule has 1 aliphatic heterocycles. The molecule has 0 spiro atoms. The Bertz CT molecular complexity index is 1250. The van der Waals surface area contributed by atoms with Gasteiger partial charge in [0.05, 0.1) is 17.0 Å². The van der Waals surface area contributed by atoms with Gasteiger partial charge in [-0.3, -0.25) is 9.35 Å². The number of piperazine rings is 1. The SMILES string of the molecule is CC(=O)Nc1ncnc(-c2cc(C(F)(F)F)cc(N3CCN(S(=O)(=O)O)CC3)n2)c1[C@@H](C)C(C)(F)P. The van der Waals surface area contributed by atoms with E-state index in [1.54, 1.807) is 0 Å². The predicted octanol–water partition coefficient (Wildman–Crippen LogP) is 3.10. The summed E-state index contributed by atoms with van der Waals surface area (Å²) < 4.78 is 89.2. The summed E-state index contributed by atoms with van der Waals surface area (Å²) in [5, 5.41) is 0.525. The number of pyridine rings is 1. The third-order valence-electron chi connectivity index (χ3n) is 5.73. The number of nitrogens with one attached hydrogen (secondary N) is 1. The van der Waals surface area contributed by atoms with Crippen LogP contribution in [0.15, 0.2) is 18.5 Å². The van der Waals surface area contributed by atoms with Crippen LogP contribution in [-0.2, 0) is 21.3 Å². The second-order valence-corrected chi connectivity index (χ2v) is 11.0. The smallest absolute Gasteiger partial charge is 0.354 e. The number of amides is 1. The summed E-state index contributed by atoms with van der Waals surface area (Å²) in [6.07, 6.45) is -3.74. The van der Waals surface area contributed by atoms with Crippen molar-refractivity contribution in [3.63, 3.8) is 0 Å². The Hall–Kier alpha value is -2.48. The fourth-order valence-corrected chi connectivity index (χ4v) is 4.46. The first-order chi connectivity index (χ1) is 16.5. The summed E-state index contributed by atoms with van der Waals surface area (Å²) in [6, 6.07) is 1.59. The van der Waals surface area contributed by atoms with Gasteiger partial charge in [-0.25, -0.2) is 19.3 Å². The number of rotatable bonds is 6. The van der Waals surface area contributed by atoms with E-state index in [4.69, 9.17) is 0 Å². The van der Waals surface area contributed by atoms with Gasteiger partial charge in [-0.2, -0.15) is 25.9 Å². The number of hydrogen-bond acceptors (Lipinski definition) is 7. The highest BCUT2D eigenvalue weighted by Crippen LogP contribution is 2.43. The molecule has 0 bridgehead atoms. The molecule has 1 aliphatic rings. The second kappa shape index (κ2) is 10.1. The first-order valence-electron chi connectivity index (χ1n) is 10.7. The molecular weight excluding hydrogens is 527 g/mol. The number of carbonyl (C=O) groups is 1. The van der Waals surface area contributed by atoms with Crippen LogP contribution in [0.4, 0.5) is 29.2 Å². The first-order valence-corrected chi connectivity index (χ1v) is 12.6. The third-order valence-corrected chi connectivity index (χ3v) is 7.25. The maximum Gasteiger partial charge on any atom is 0.416 e. The van der Waals surface area contributed by atoms with Crippen LogP contribution < -0.4 is 10.2 Å². The minimum Gasteiger partial charge on any atom is -0.354 e. The molecule has 2 unspecified atom stereocenters. The summed E-state index contributed by atoms with van der Waals surface area (Å²) >= 11 is 0. The molecular formula is C20H25F4N6O4PS. The van der Waals surface area contributed by atoms with Gasteiger partial charge >= 0.3 is 16.5 Å². The Morgan fingerprint density at radius 3 is 2.28 bits per heavy atom. The van der Waals surface area contributed by atoms with E-state index in [0.717, 1.165) is 22.8 Å². The molecule has 1 amide bonds. The quantitative estimate of drug-likeness (QED) is 0.318. The van der Waals surface area contributed by atoms with Crippen LogP contribution in [0, 0.1) is 0 Å². The lowest BCUT2D eigenvalue weighted by molar-refractivity contribution is -0.137. The number of alkyl halides is 4. The van der Waals surface area contributed by atoms with Gasteiger partial charge in [0.25, 0.3) is 0 Å². The number of carbonyl (C=O) groups excluding carboxylic acids is 1. The number of halogens is 4. The fraction of sp³-hybridized carbons (Fsp3) is 0.500. The van der Waals surface area contributed by atoms with E-state index in [1.807, 2.05) is 9.24 Å². The van der Waals surface area contributed by atoms with Gasteiger partial charge in [0.15, 0.2) is 0 Å². The average molecular weight is 552 g/mol. The zero-order valence-corrected chi connectivity index (χ0v) is 21.5. The van der Waals surface area contributed by atoms with Gasteiger partial charge in [-0.05, 0) is 19.1 Å². The topological polar surface area (TPSA) is 129 Å².